The maximum atomic E-state index is 11.7. The highest BCUT2D eigenvalue weighted by atomic mass is 16.4. The molecule has 1 atom stereocenters. The molecule has 5 heteroatoms. The number of carboxylic acids is 1. The number of hydrogen-bond donors (Lipinski definition) is 3. The van der Waals surface area contributed by atoms with Gasteiger partial charge in [-0.05, 0) is 32.1 Å². The number of carbonyl (C=O) groups excluding carboxylic acids is 1. The van der Waals surface area contributed by atoms with Crippen molar-refractivity contribution in [1.82, 2.24) is 5.32 Å². The fourth-order valence-electron chi connectivity index (χ4n) is 2.24. The summed E-state index contributed by atoms with van der Waals surface area (Å²) < 4.78 is 0. The second kappa shape index (κ2) is 6.59. The zero-order chi connectivity index (χ0) is 12.8. The Hall–Kier alpha value is -1.10. The molecule has 1 amide bonds. The number of carbonyl (C=O) groups is 2. The number of nitrogens with one attached hydrogen (secondary N) is 1. The van der Waals surface area contributed by atoms with Crippen LogP contribution in [0, 0.1) is 5.92 Å². The molecule has 0 saturated heterocycles. The van der Waals surface area contributed by atoms with E-state index >= 15 is 0 Å². The van der Waals surface area contributed by atoms with E-state index in [2.05, 4.69) is 5.32 Å². The molecule has 4 N–H and O–H groups in total. The molecule has 1 rings (SSSR count). The fourth-order valence-corrected chi connectivity index (χ4v) is 2.24. The Balaban J connectivity index is 2.30. The van der Waals surface area contributed by atoms with Gasteiger partial charge < -0.3 is 16.2 Å². The SMILES string of the molecule is CCCC(N)C(=O)NC1CCC(C(=O)O)CC1. The van der Waals surface area contributed by atoms with Crippen molar-refractivity contribution >= 4 is 11.9 Å². The molecule has 5 nitrogen and oxygen atoms in total. The lowest BCUT2D eigenvalue weighted by Crippen LogP contribution is -2.46. The summed E-state index contributed by atoms with van der Waals surface area (Å²) >= 11 is 0. The van der Waals surface area contributed by atoms with Gasteiger partial charge in [0.25, 0.3) is 0 Å². The summed E-state index contributed by atoms with van der Waals surface area (Å²) in [5.74, 6) is -1.07. The van der Waals surface area contributed by atoms with Gasteiger partial charge >= 0.3 is 5.97 Å². The molecule has 98 valence electrons. The molecule has 0 aromatic carbocycles. The van der Waals surface area contributed by atoms with Crippen molar-refractivity contribution in [3.63, 3.8) is 0 Å². The molecular weight excluding hydrogens is 220 g/mol. The van der Waals surface area contributed by atoms with Crippen LogP contribution in [0.1, 0.15) is 45.4 Å². The van der Waals surface area contributed by atoms with Crippen LogP contribution in [0.3, 0.4) is 0 Å². The predicted octanol–water partition coefficient (Wildman–Crippen LogP) is 0.873. The first-order valence-corrected chi connectivity index (χ1v) is 6.33. The van der Waals surface area contributed by atoms with Crippen LogP contribution in [0.25, 0.3) is 0 Å². The Morgan fingerprint density at radius 1 is 1.35 bits per heavy atom. The highest BCUT2D eigenvalue weighted by molar-refractivity contribution is 5.81. The molecule has 1 fully saturated rings. The van der Waals surface area contributed by atoms with E-state index in [0.29, 0.717) is 19.3 Å². The number of amides is 1. The summed E-state index contributed by atoms with van der Waals surface area (Å²) in [6.07, 6.45) is 4.34. The molecular formula is C12H22N2O3. The molecule has 0 aliphatic heterocycles. The average Bonchev–Trinajstić information content (AvgIpc) is 2.30. The number of nitrogens with two attached hydrogens (primary N) is 1. The second-order valence-electron chi connectivity index (χ2n) is 4.79. The maximum absolute atomic E-state index is 11.7. The molecule has 1 aliphatic rings. The van der Waals surface area contributed by atoms with Gasteiger partial charge in [0.2, 0.25) is 5.91 Å². The van der Waals surface area contributed by atoms with E-state index in [0.717, 1.165) is 19.3 Å². The minimum absolute atomic E-state index is 0.0982. The molecule has 0 spiro atoms. The van der Waals surface area contributed by atoms with Gasteiger partial charge in [0.15, 0.2) is 0 Å². The van der Waals surface area contributed by atoms with Crippen LogP contribution in [0.2, 0.25) is 0 Å². The lowest BCUT2D eigenvalue weighted by atomic mass is 9.86. The van der Waals surface area contributed by atoms with E-state index in [9.17, 15) is 9.59 Å². The Kier molecular flexibility index (Phi) is 5.41. The van der Waals surface area contributed by atoms with Crippen molar-refractivity contribution in [2.24, 2.45) is 11.7 Å². The lowest BCUT2D eigenvalue weighted by molar-refractivity contribution is -0.142. The average molecular weight is 242 g/mol. The quantitative estimate of drug-likeness (QED) is 0.667. The van der Waals surface area contributed by atoms with Crippen LogP contribution in [0.5, 0.6) is 0 Å². The number of hydrogen-bond acceptors (Lipinski definition) is 3. The Morgan fingerprint density at radius 2 is 1.94 bits per heavy atom. The monoisotopic (exact) mass is 242 g/mol. The van der Waals surface area contributed by atoms with Gasteiger partial charge in [0, 0.05) is 6.04 Å². The van der Waals surface area contributed by atoms with E-state index in [-0.39, 0.29) is 17.9 Å². The lowest BCUT2D eigenvalue weighted by Gasteiger charge is -2.27. The van der Waals surface area contributed by atoms with E-state index < -0.39 is 12.0 Å². The first kappa shape index (κ1) is 14.0. The third-order valence-corrected chi connectivity index (χ3v) is 3.36. The zero-order valence-electron chi connectivity index (χ0n) is 10.3. The Morgan fingerprint density at radius 3 is 2.41 bits per heavy atom. The number of rotatable bonds is 5. The van der Waals surface area contributed by atoms with E-state index in [4.69, 9.17) is 10.8 Å². The van der Waals surface area contributed by atoms with Crippen LogP contribution in [0.15, 0.2) is 0 Å². The molecule has 0 bridgehead atoms. The molecule has 0 aromatic rings. The van der Waals surface area contributed by atoms with Gasteiger partial charge in [-0.2, -0.15) is 0 Å². The van der Waals surface area contributed by atoms with Gasteiger partial charge in [-0.3, -0.25) is 9.59 Å². The third-order valence-electron chi connectivity index (χ3n) is 3.36. The first-order valence-electron chi connectivity index (χ1n) is 6.33. The van der Waals surface area contributed by atoms with Crippen molar-refractivity contribution in [2.75, 3.05) is 0 Å². The topological polar surface area (TPSA) is 92.4 Å². The molecule has 0 aromatic heterocycles. The van der Waals surface area contributed by atoms with E-state index in [1.807, 2.05) is 6.92 Å². The standard InChI is InChI=1S/C12H22N2O3/c1-2-3-10(13)11(15)14-9-6-4-8(5-7-9)12(16)17/h8-10H,2-7,13H2,1H3,(H,14,15)(H,16,17). The molecule has 17 heavy (non-hydrogen) atoms. The van der Waals surface area contributed by atoms with E-state index in [1.54, 1.807) is 0 Å². The molecule has 1 aliphatic carbocycles. The number of carboxylic acid groups (broad SMARTS) is 1. The predicted molar refractivity (Wildman–Crippen MR) is 64.4 cm³/mol. The van der Waals surface area contributed by atoms with Crippen LogP contribution in [-0.4, -0.2) is 29.1 Å². The minimum atomic E-state index is -0.725. The van der Waals surface area contributed by atoms with Gasteiger partial charge in [0.05, 0.1) is 12.0 Å². The normalized spacial score (nSPS) is 26.2. The van der Waals surface area contributed by atoms with Gasteiger partial charge in [-0.25, -0.2) is 0 Å². The number of aliphatic carboxylic acids is 1. The largest absolute Gasteiger partial charge is 0.481 e. The van der Waals surface area contributed by atoms with Crippen LogP contribution >= 0.6 is 0 Å². The van der Waals surface area contributed by atoms with E-state index in [1.165, 1.54) is 0 Å². The Labute approximate surface area is 102 Å². The summed E-state index contributed by atoms with van der Waals surface area (Å²) in [5.41, 5.74) is 5.71. The summed E-state index contributed by atoms with van der Waals surface area (Å²) in [5, 5.41) is 11.8. The van der Waals surface area contributed by atoms with Crippen molar-refractivity contribution < 1.29 is 14.7 Å². The summed E-state index contributed by atoms with van der Waals surface area (Å²) in [6.45, 7) is 1.99. The van der Waals surface area contributed by atoms with Gasteiger partial charge in [0.1, 0.15) is 0 Å². The molecule has 1 unspecified atom stereocenters. The highest BCUT2D eigenvalue weighted by Crippen LogP contribution is 2.24. The van der Waals surface area contributed by atoms with Crippen molar-refractivity contribution in [1.29, 1.82) is 0 Å². The summed E-state index contributed by atoms with van der Waals surface area (Å²) in [6, 6.07) is -0.335. The van der Waals surface area contributed by atoms with Crippen LogP contribution in [0.4, 0.5) is 0 Å². The second-order valence-corrected chi connectivity index (χ2v) is 4.79. The van der Waals surface area contributed by atoms with Crippen LogP contribution < -0.4 is 11.1 Å². The highest BCUT2D eigenvalue weighted by Gasteiger charge is 2.27. The summed E-state index contributed by atoms with van der Waals surface area (Å²) in [7, 11) is 0. The van der Waals surface area contributed by atoms with Gasteiger partial charge in [-0.1, -0.05) is 13.3 Å². The van der Waals surface area contributed by atoms with Crippen molar-refractivity contribution in [2.45, 2.75) is 57.5 Å². The first-order chi connectivity index (χ1) is 8.04. The third kappa shape index (κ3) is 4.34. The van der Waals surface area contributed by atoms with Crippen LogP contribution in [-0.2, 0) is 9.59 Å². The fraction of sp³-hybridized carbons (Fsp3) is 0.833. The van der Waals surface area contributed by atoms with Gasteiger partial charge in [-0.15, -0.1) is 0 Å². The molecule has 0 radical (unpaired) electrons. The molecule has 1 saturated carbocycles. The van der Waals surface area contributed by atoms with Crippen molar-refractivity contribution in [3.8, 4) is 0 Å². The zero-order valence-corrected chi connectivity index (χ0v) is 10.3. The molecule has 0 heterocycles. The Bertz CT molecular complexity index is 273. The minimum Gasteiger partial charge on any atom is -0.481 e. The van der Waals surface area contributed by atoms with Crippen molar-refractivity contribution in [3.05, 3.63) is 0 Å². The maximum Gasteiger partial charge on any atom is 0.306 e. The smallest absolute Gasteiger partial charge is 0.306 e. The summed E-state index contributed by atoms with van der Waals surface area (Å²) in [4.78, 5) is 22.4.